The van der Waals surface area contributed by atoms with Crippen LogP contribution in [-0.2, 0) is 24.2 Å². The van der Waals surface area contributed by atoms with Crippen molar-refractivity contribution in [3.8, 4) is 0 Å². The molecule has 0 spiro atoms. The van der Waals surface area contributed by atoms with Gasteiger partial charge in [0.25, 0.3) is 5.91 Å². The van der Waals surface area contributed by atoms with Gasteiger partial charge in [0.15, 0.2) is 16.4 Å². The molecule has 8 nitrogen and oxygen atoms in total. The van der Waals surface area contributed by atoms with Crippen molar-refractivity contribution in [2.75, 3.05) is 29.6 Å². The molecule has 2 amide bonds. The molecule has 2 aliphatic heterocycles. The minimum atomic E-state index is -3.13. The van der Waals surface area contributed by atoms with Crippen LogP contribution in [0.5, 0.6) is 0 Å². The molecule has 1 saturated carbocycles. The summed E-state index contributed by atoms with van der Waals surface area (Å²) in [5.74, 6) is -0.870. The lowest BCUT2D eigenvalue weighted by Gasteiger charge is -2.33. The molecule has 9 heteroatoms. The molecule has 1 aromatic carbocycles. The number of ether oxygens (including phenoxy) is 1. The maximum absolute atomic E-state index is 13.0. The second-order valence-electron chi connectivity index (χ2n) is 8.57. The van der Waals surface area contributed by atoms with Gasteiger partial charge in [-0.3, -0.25) is 9.59 Å². The highest BCUT2D eigenvalue weighted by molar-refractivity contribution is 7.91. The summed E-state index contributed by atoms with van der Waals surface area (Å²) in [7, 11) is -3.13. The first-order valence-corrected chi connectivity index (χ1v) is 12.8. The third-order valence-electron chi connectivity index (χ3n) is 6.40. The molecule has 0 N–H and O–H groups in total. The van der Waals surface area contributed by atoms with E-state index in [4.69, 9.17) is 4.74 Å². The average Bonchev–Trinajstić information content (AvgIpc) is 3.49. The van der Waals surface area contributed by atoms with Crippen molar-refractivity contribution in [3.63, 3.8) is 0 Å². The van der Waals surface area contributed by atoms with Crippen LogP contribution >= 0.6 is 0 Å². The smallest absolute Gasteiger partial charge is 0.338 e. The van der Waals surface area contributed by atoms with Gasteiger partial charge in [0.2, 0.25) is 5.91 Å². The van der Waals surface area contributed by atoms with E-state index in [9.17, 15) is 22.8 Å². The van der Waals surface area contributed by atoms with E-state index >= 15 is 0 Å². The minimum absolute atomic E-state index is 0.00834. The third-order valence-corrected chi connectivity index (χ3v) is 8.15. The highest BCUT2D eigenvalue weighted by Gasteiger charge is 2.39. The molecule has 1 aliphatic carbocycles. The first kappa shape index (κ1) is 21.8. The summed E-state index contributed by atoms with van der Waals surface area (Å²) in [5, 5.41) is 0. The highest BCUT2D eigenvalue weighted by Crippen LogP contribution is 2.29. The second-order valence-corrected chi connectivity index (χ2v) is 10.8. The number of anilines is 1. The van der Waals surface area contributed by atoms with Crippen LogP contribution in [0.2, 0.25) is 0 Å². The summed E-state index contributed by atoms with van der Waals surface area (Å²) >= 11 is 0. The number of amides is 2. The van der Waals surface area contributed by atoms with Crippen molar-refractivity contribution >= 4 is 33.3 Å². The molecule has 2 heterocycles. The lowest BCUT2D eigenvalue weighted by Crippen LogP contribution is -2.48. The van der Waals surface area contributed by atoms with Crippen LogP contribution < -0.4 is 4.90 Å². The molecule has 168 valence electrons. The van der Waals surface area contributed by atoms with E-state index in [1.54, 1.807) is 34.1 Å². The van der Waals surface area contributed by atoms with Crippen molar-refractivity contribution in [1.29, 1.82) is 0 Å². The maximum atomic E-state index is 13.0. The molecular formula is C22H28N2O6S. The zero-order chi connectivity index (χ0) is 22.0. The van der Waals surface area contributed by atoms with Gasteiger partial charge < -0.3 is 14.5 Å². The molecule has 0 radical (unpaired) electrons. The zero-order valence-corrected chi connectivity index (χ0v) is 18.3. The SMILES string of the molecule is O=C(OCC(=O)N(C1CCCC1)C1CCS(=O)(=O)C1)c1cccc(N2CCCC2=O)c1. The molecule has 3 fully saturated rings. The fraction of sp³-hybridized carbons (Fsp3) is 0.591. The Morgan fingerprint density at radius 1 is 1.10 bits per heavy atom. The Morgan fingerprint density at radius 2 is 1.87 bits per heavy atom. The summed E-state index contributed by atoms with van der Waals surface area (Å²) in [6.45, 7) is 0.204. The topological polar surface area (TPSA) is 101 Å². The normalized spacial score (nSPS) is 23.3. The van der Waals surface area contributed by atoms with Crippen molar-refractivity contribution in [2.45, 2.75) is 57.0 Å². The van der Waals surface area contributed by atoms with E-state index in [-0.39, 0.29) is 41.0 Å². The fourth-order valence-corrected chi connectivity index (χ4v) is 6.60. The predicted octanol–water partition coefficient (Wildman–Crippen LogP) is 1.93. The second kappa shape index (κ2) is 8.98. The molecule has 1 atom stereocenters. The van der Waals surface area contributed by atoms with Gasteiger partial charge in [-0.25, -0.2) is 13.2 Å². The van der Waals surface area contributed by atoms with E-state index in [0.29, 0.717) is 25.1 Å². The first-order valence-electron chi connectivity index (χ1n) is 10.9. The van der Waals surface area contributed by atoms with Crippen LogP contribution in [-0.4, -0.2) is 67.8 Å². The Balaban J connectivity index is 1.41. The molecular weight excluding hydrogens is 420 g/mol. The van der Waals surface area contributed by atoms with Crippen LogP contribution in [0.4, 0.5) is 5.69 Å². The van der Waals surface area contributed by atoms with Crippen molar-refractivity contribution in [3.05, 3.63) is 29.8 Å². The zero-order valence-electron chi connectivity index (χ0n) is 17.5. The number of benzene rings is 1. The number of hydrogen-bond acceptors (Lipinski definition) is 6. The first-order chi connectivity index (χ1) is 14.8. The Labute approximate surface area is 182 Å². The molecule has 1 unspecified atom stereocenters. The summed E-state index contributed by atoms with van der Waals surface area (Å²) in [4.78, 5) is 40.8. The minimum Gasteiger partial charge on any atom is -0.452 e. The van der Waals surface area contributed by atoms with E-state index in [2.05, 4.69) is 0 Å². The number of sulfone groups is 1. The monoisotopic (exact) mass is 448 g/mol. The lowest BCUT2D eigenvalue weighted by atomic mass is 10.1. The van der Waals surface area contributed by atoms with E-state index in [1.807, 2.05) is 0 Å². The number of carbonyl (C=O) groups is 3. The van der Waals surface area contributed by atoms with Crippen molar-refractivity contribution < 1.29 is 27.5 Å². The number of carbonyl (C=O) groups excluding carboxylic acids is 3. The highest BCUT2D eigenvalue weighted by atomic mass is 32.2. The maximum Gasteiger partial charge on any atom is 0.338 e. The molecule has 0 bridgehead atoms. The molecule has 2 saturated heterocycles. The van der Waals surface area contributed by atoms with Gasteiger partial charge in [-0.15, -0.1) is 0 Å². The lowest BCUT2D eigenvalue weighted by molar-refractivity contribution is -0.139. The van der Waals surface area contributed by atoms with Crippen molar-refractivity contribution in [1.82, 2.24) is 4.90 Å². The molecule has 4 rings (SSSR count). The van der Waals surface area contributed by atoms with Crippen LogP contribution in [0.3, 0.4) is 0 Å². The van der Waals surface area contributed by atoms with Gasteiger partial charge in [-0.1, -0.05) is 18.9 Å². The Hall–Kier alpha value is -2.42. The number of nitrogens with zero attached hydrogens (tertiary/aromatic N) is 2. The number of rotatable bonds is 6. The Bertz CT molecular complexity index is 970. The van der Waals surface area contributed by atoms with Crippen molar-refractivity contribution in [2.24, 2.45) is 0 Å². The summed E-state index contributed by atoms with van der Waals surface area (Å²) in [5.41, 5.74) is 0.924. The van der Waals surface area contributed by atoms with Gasteiger partial charge in [0.05, 0.1) is 17.1 Å². The van der Waals surface area contributed by atoms with Crippen LogP contribution in [0.1, 0.15) is 55.3 Å². The molecule has 31 heavy (non-hydrogen) atoms. The van der Waals surface area contributed by atoms with E-state index in [0.717, 1.165) is 32.1 Å². The van der Waals surface area contributed by atoms with E-state index in [1.165, 1.54) is 0 Å². The fourth-order valence-electron chi connectivity index (χ4n) is 4.89. The van der Waals surface area contributed by atoms with E-state index < -0.39 is 22.4 Å². The van der Waals surface area contributed by atoms with Gasteiger partial charge in [-0.2, -0.15) is 0 Å². The van der Waals surface area contributed by atoms with Gasteiger partial charge in [0, 0.05) is 30.7 Å². The van der Waals surface area contributed by atoms with Crippen LogP contribution in [0.15, 0.2) is 24.3 Å². The summed E-state index contributed by atoms with van der Waals surface area (Å²) < 4.78 is 29.2. The van der Waals surface area contributed by atoms with Gasteiger partial charge >= 0.3 is 5.97 Å². The molecule has 1 aromatic rings. The van der Waals surface area contributed by atoms with Crippen LogP contribution in [0.25, 0.3) is 0 Å². The van der Waals surface area contributed by atoms with Gasteiger partial charge in [0.1, 0.15) is 0 Å². The number of hydrogen-bond donors (Lipinski definition) is 0. The third kappa shape index (κ3) is 4.92. The Morgan fingerprint density at radius 3 is 2.52 bits per heavy atom. The quantitative estimate of drug-likeness (QED) is 0.617. The summed E-state index contributed by atoms with van der Waals surface area (Å²) in [6.07, 6.45) is 5.44. The standard InChI is InChI=1S/C22H28N2O6S/c25-20-9-4-11-23(20)18-8-3-5-16(13-18)22(27)30-14-21(26)24(17-6-1-2-7-17)19-10-12-31(28,29)15-19/h3,5,8,13,17,19H,1-2,4,6-7,9-12,14-15H2. The predicted molar refractivity (Wildman–Crippen MR) is 114 cm³/mol. The van der Waals surface area contributed by atoms with Crippen LogP contribution in [0, 0.1) is 0 Å². The average molecular weight is 449 g/mol. The molecule has 3 aliphatic rings. The largest absolute Gasteiger partial charge is 0.452 e. The summed E-state index contributed by atoms with van der Waals surface area (Å²) in [6, 6.07) is 6.32. The van der Waals surface area contributed by atoms with Gasteiger partial charge in [-0.05, 0) is 43.9 Å². The molecule has 0 aromatic heterocycles. The number of esters is 1. The Kier molecular flexibility index (Phi) is 6.31.